The Morgan fingerprint density at radius 3 is 2.93 bits per heavy atom. The number of nitrogens with one attached hydrogen (secondary N) is 1. The Morgan fingerprint density at radius 2 is 2.36 bits per heavy atom. The number of hydrazine groups is 1. The molecule has 2 aliphatic heterocycles. The van der Waals surface area contributed by atoms with Gasteiger partial charge in [0.25, 0.3) is 0 Å². The van der Waals surface area contributed by atoms with Crippen LogP contribution in [0.5, 0.6) is 0 Å². The second kappa shape index (κ2) is 4.77. The summed E-state index contributed by atoms with van der Waals surface area (Å²) in [6, 6.07) is 0.0396. The standard InChI is InChI=1S/C10H18N2O2/c11-12-10(9-5-3-7-14-9)8-4-1-2-6-13-8/h4,9-10,12H,1-3,5-7,11H2. The maximum absolute atomic E-state index is 5.60. The summed E-state index contributed by atoms with van der Waals surface area (Å²) in [7, 11) is 0. The largest absolute Gasteiger partial charge is 0.496 e. The fourth-order valence-corrected chi connectivity index (χ4v) is 2.03. The molecule has 4 nitrogen and oxygen atoms in total. The lowest BCUT2D eigenvalue weighted by molar-refractivity contribution is 0.0590. The van der Waals surface area contributed by atoms with Gasteiger partial charge in [0.1, 0.15) is 11.8 Å². The summed E-state index contributed by atoms with van der Waals surface area (Å²) in [5.74, 6) is 6.50. The second-order valence-corrected chi connectivity index (χ2v) is 3.79. The number of hydrogen-bond donors (Lipinski definition) is 2. The van der Waals surface area contributed by atoms with Gasteiger partial charge in [-0.25, -0.2) is 5.43 Å². The molecule has 4 heteroatoms. The summed E-state index contributed by atoms with van der Waals surface area (Å²) in [6.45, 7) is 1.65. The summed E-state index contributed by atoms with van der Waals surface area (Å²) in [5, 5.41) is 0. The molecule has 0 aromatic rings. The molecule has 2 atom stereocenters. The fraction of sp³-hybridized carbons (Fsp3) is 0.800. The van der Waals surface area contributed by atoms with Gasteiger partial charge in [-0.2, -0.15) is 0 Å². The van der Waals surface area contributed by atoms with E-state index in [4.69, 9.17) is 15.3 Å². The van der Waals surface area contributed by atoms with E-state index >= 15 is 0 Å². The molecule has 14 heavy (non-hydrogen) atoms. The molecule has 0 aromatic heterocycles. The van der Waals surface area contributed by atoms with Crippen LogP contribution in [-0.4, -0.2) is 25.4 Å². The van der Waals surface area contributed by atoms with Crippen molar-refractivity contribution < 1.29 is 9.47 Å². The number of nitrogens with two attached hydrogens (primary N) is 1. The third kappa shape index (κ3) is 2.08. The van der Waals surface area contributed by atoms with Crippen LogP contribution in [0.25, 0.3) is 0 Å². The molecule has 1 saturated heterocycles. The Balaban J connectivity index is 1.99. The predicted molar refractivity (Wildman–Crippen MR) is 53.4 cm³/mol. The molecule has 3 N–H and O–H groups in total. The number of ether oxygens (including phenoxy) is 2. The lowest BCUT2D eigenvalue weighted by Gasteiger charge is -2.27. The maximum Gasteiger partial charge on any atom is 0.113 e. The molecule has 2 aliphatic rings. The zero-order valence-electron chi connectivity index (χ0n) is 8.37. The quantitative estimate of drug-likeness (QED) is 0.517. The molecule has 0 aromatic carbocycles. The van der Waals surface area contributed by atoms with Crippen molar-refractivity contribution in [3.8, 4) is 0 Å². The van der Waals surface area contributed by atoms with Gasteiger partial charge < -0.3 is 9.47 Å². The van der Waals surface area contributed by atoms with Crippen LogP contribution in [0.2, 0.25) is 0 Å². The van der Waals surface area contributed by atoms with E-state index in [2.05, 4.69) is 11.5 Å². The molecular formula is C10H18N2O2. The van der Waals surface area contributed by atoms with Crippen LogP contribution >= 0.6 is 0 Å². The third-order valence-corrected chi connectivity index (χ3v) is 2.79. The Bertz CT molecular complexity index is 212. The lowest BCUT2D eigenvalue weighted by Crippen LogP contribution is -2.46. The van der Waals surface area contributed by atoms with Gasteiger partial charge in [-0.15, -0.1) is 0 Å². The normalized spacial score (nSPS) is 29.5. The minimum absolute atomic E-state index is 0.0396. The topological polar surface area (TPSA) is 56.5 Å². The van der Waals surface area contributed by atoms with E-state index in [0.29, 0.717) is 0 Å². The Labute approximate surface area is 84.4 Å². The van der Waals surface area contributed by atoms with Gasteiger partial charge in [0.2, 0.25) is 0 Å². The van der Waals surface area contributed by atoms with Crippen molar-refractivity contribution in [2.75, 3.05) is 13.2 Å². The minimum atomic E-state index is 0.0396. The summed E-state index contributed by atoms with van der Waals surface area (Å²) >= 11 is 0. The average Bonchev–Trinajstić information content (AvgIpc) is 2.74. The molecule has 2 rings (SSSR count). The predicted octanol–water partition coefficient (Wildman–Crippen LogP) is 0.692. The van der Waals surface area contributed by atoms with Crippen molar-refractivity contribution in [2.24, 2.45) is 5.84 Å². The molecule has 0 spiro atoms. The molecular weight excluding hydrogens is 180 g/mol. The molecule has 2 heterocycles. The number of rotatable bonds is 3. The highest BCUT2D eigenvalue weighted by Crippen LogP contribution is 2.23. The molecule has 80 valence electrons. The van der Waals surface area contributed by atoms with E-state index in [1.165, 1.54) is 0 Å². The van der Waals surface area contributed by atoms with E-state index in [1.807, 2.05) is 0 Å². The van der Waals surface area contributed by atoms with Crippen molar-refractivity contribution in [1.82, 2.24) is 5.43 Å². The number of allylic oxidation sites excluding steroid dienone is 1. The van der Waals surface area contributed by atoms with Crippen LogP contribution in [0.1, 0.15) is 25.7 Å². The summed E-state index contributed by atoms with van der Waals surface area (Å²) < 4.78 is 11.2. The van der Waals surface area contributed by atoms with Crippen molar-refractivity contribution in [3.05, 3.63) is 11.8 Å². The zero-order valence-corrected chi connectivity index (χ0v) is 8.37. The van der Waals surface area contributed by atoms with E-state index in [9.17, 15) is 0 Å². The first-order valence-corrected chi connectivity index (χ1v) is 5.32. The van der Waals surface area contributed by atoms with Crippen molar-refractivity contribution >= 4 is 0 Å². The van der Waals surface area contributed by atoms with Gasteiger partial charge in [0, 0.05) is 6.61 Å². The SMILES string of the molecule is NNC(C1=CCCCO1)C1CCCO1. The first-order chi connectivity index (χ1) is 6.92. The van der Waals surface area contributed by atoms with Gasteiger partial charge in [0.15, 0.2) is 0 Å². The Hall–Kier alpha value is -0.580. The molecule has 1 fully saturated rings. The molecule has 0 aliphatic carbocycles. The van der Waals surface area contributed by atoms with Crippen LogP contribution in [0, 0.1) is 0 Å². The third-order valence-electron chi connectivity index (χ3n) is 2.79. The van der Waals surface area contributed by atoms with Gasteiger partial charge >= 0.3 is 0 Å². The fourth-order valence-electron chi connectivity index (χ4n) is 2.03. The summed E-state index contributed by atoms with van der Waals surface area (Å²) in [4.78, 5) is 0. The van der Waals surface area contributed by atoms with Gasteiger partial charge in [0.05, 0.1) is 12.7 Å². The van der Waals surface area contributed by atoms with Crippen molar-refractivity contribution in [3.63, 3.8) is 0 Å². The second-order valence-electron chi connectivity index (χ2n) is 3.79. The highest BCUT2D eigenvalue weighted by atomic mass is 16.5. The summed E-state index contributed by atoms with van der Waals surface area (Å²) in [5.41, 5.74) is 2.80. The zero-order chi connectivity index (χ0) is 9.80. The molecule has 0 radical (unpaired) electrons. The van der Waals surface area contributed by atoms with Crippen LogP contribution in [0.15, 0.2) is 11.8 Å². The molecule has 2 unspecified atom stereocenters. The van der Waals surface area contributed by atoms with Crippen molar-refractivity contribution in [1.29, 1.82) is 0 Å². The molecule has 0 amide bonds. The van der Waals surface area contributed by atoms with Gasteiger partial charge in [-0.05, 0) is 31.8 Å². The van der Waals surface area contributed by atoms with Crippen LogP contribution < -0.4 is 11.3 Å². The number of hydrogen-bond acceptors (Lipinski definition) is 4. The molecule has 0 bridgehead atoms. The summed E-state index contributed by atoms with van der Waals surface area (Å²) in [6.07, 6.45) is 6.68. The van der Waals surface area contributed by atoms with Gasteiger partial charge in [-0.3, -0.25) is 5.84 Å². The van der Waals surface area contributed by atoms with Crippen LogP contribution in [0.4, 0.5) is 0 Å². The lowest BCUT2D eigenvalue weighted by atomic mass is 10.0. The molecule has 0 saturated carbocycles. The first kappa shape index (κ1) is 9.96. The monoisotopic (exact) mass is 198 g/mol. The van der Waals surface area contributed by atoms with E-state index in [1.54, 1.807) is 0 Å². The van der Waals surface area contributed by atoms with E-state index in [-0.39, 0.29) is 12.1 Å². The first-order valence-electron chi connectivity index (χ1n) is 5.32. The Morgan fingerprint density at radius 1 is 1.43 bits per heavy atom. The minimum Gasteiger partial charge on any atom is -0.496 e. The highest BCUT2D eigenvalue weighted by Gasteiger charge is 2.29. The van der Waals surface area contributed by atoms with Gasteiger partial charge in [-0.1, -0.05) is 0 Å². The Kier molecular flexibility index (Phi) is 3.39. The van der Waals surface area contributed by atoms with E-state index in [0.717, 1.165) is 44.7 Å². The van der Waals surface area contributed by atoms with Crippen LogP contribution in [0.3, 0.4) is 0 Å². The highest BCUT2D eigenvalue weighted by molar-refractivity contribution is 5.08. The maximum atomic E-state index is 5.60. The van der Waals surface area contributed by atoms with Crippen molar-refractivity contribution in [2.45, 2.75) is 37.8 Å². The van der Waals surface area contributed by atoms with E-state index < -0.39 is 0 Å². The van der Waals surface area contributed by atoms with Crippen LogP contribution in [-0.2, 0) is 9.47 Å². The smallest absolute Gasteiger partial charge is 0.113 e. The average molecular weight is 198 g/mol.